The summed E-state index contributed by atoms with van der Waals surface area (Å²) >= 11 is 5.67. The molecular weight excluding hydrogens is 338 g/mol. The Morgan fingerprint density at radius 3 is 2.61 bits per heavy atom. The highest BCUT2D eigenvalue weighted by atomic mass is 35.5. The Labute approximate surface area is 138 Å². The average molecular weight is 352 g/mol. The van der Waals surface area contributed by atoms with E-state index in [-0.39, 0.29) is 16.1 Å². The van der Waals surface area contributed by atoms with E-state index in [0.29, 0.717) is 11.3 Å². The van der Waals surface area contributed by atoms with Crippen LogP contribution >= 0.6 is 11.6 Å². The molecule has 7 nitrogen and oxygen atoms in total. The molecule has 0 bridgehead atoms. The summed E-state index contributed by atoms with van der Waals surface area (Å²) in [7, 11) is -3.75. The number of aromatic nitrogens is 4. The minimum Gasteiger partial charge on any atom is -0.278 e. The molecular formula is C14H14ClN5O2S. The van der Waals surface area contributed by atoms with Gasteiger partial charge < -0.3 is 0 Å². The van der Waals surface area contributed by atoms with E-state index in [1.54, 1.807) is 16.9 Å². The van der Waals surface area contributed by atoms with Crippen LogP contribution in [-0.4, -0.2) is 28.2 Å². The summed E-state index contributed by atoms with van der Waals surface area (Å²) in [5.41, 5.74) is 1.06. The van der Waals surface area contributed by atoms with E-state index in [2.05, 4.69) is 19.8 Å². The summed E-state index contributed by atoms with van der Waals surface area (Å²) in [6.45, 7) is 4.00. The highest BCUT2D eigenvalue weighted by Crippen LogP contribution is 2.21. The van der Waals surface area contributed by atoms with Crippen LogP contribution in [0.1, 0.15) is 19.9 Å². The van der Waals surface area contributed by atoms with Crippen LogP contribution in [0.15, 0.2) is 41.7 Å². The second kappa shape index (κ2) is 5.78. The number of fused-ring (bicyclic) bond motifs is 1. The summed E-state index contributed by atoms with van der Waals surface area (Å²) in [6, 6.07) is 4.67. The number of sulfonamides is 1. The van der Waals surface area contributed by atoms with Gasteiger partial charge in [-0.25, -0.2) is 23.1 Å². The van der Waals surface area contributed by atoms with Gasteiger partial charge in [0.1, 0.15) is 10.0 Å². The van der Waals surface area contributed by atoms with Gasteiger partial charge in [-0.05, 0) is 32.0 Å². The first kappa shape index (κ1) is 15.7. The number of rotatable bonds is 4. The lowest BCUT2D eigenvalue weighted by atomic mass is 10.3. The van der Waals surface area contributed by atoms with Gasteiger partial charge in [0.15, 0.2) is 5.65 Å². The molecule has 0 unspecified atom stereocenters. The molecule has 120 valence electrons. The number of hydrogen-bond acceptors (Lipinski definition) is 5. The first-order valence-corrected chi connectivity index (χ1v) is 8.70. The van der Waals surface area contributed by atoms with E-state index < -0.39 is 10.0 Å². The van der Waals surface area contributed by atoms with Crippen LogP contribution in [-0.2, 0) is 10.0 Å². The van der Waals surface area contributed by atoms with Crippen LogP contribution in [0.3, 0.4) is 0 Å². The SMILES string of the molecule is CC(C)n1ncc2cc(NS(=O)(=O)c3ccc(Cl)nc3)cnc21. The van der Waals surface area contributed by atoms with Gasteiger partial charge >= 0.3 is 0 Å². The first-order chi connectivity index (χ1) is 10.9. The fourth-order valence-electron chi connectivity index (χ4n) is 2.11. The number of hydrogen-bond donors (Lipinski definition) is 1. The lowest BCUT2D eigenvalue weighted by Crippen LogP contribution is -2.13. The number of nitrogens with zero attached hydrogens (tertiary/aromatic N) is 4. The topological polar surface area (TPSA) is 89.8 Å². The maximum Gasteiger partial charge on any atom is 0.263 e. The molecule has 0 fully saturated rings. The monoisotopic (exact) mass is 351 g/mol. The highest BCUT2D eigenvalue weighted by molar-refractivity contribution is 7.92. The number of anilines is 1. The molecule has 0 aliphatic carbocycles. The Bertz CT molecular complexity index is 951. The molecule has 0 radical (unpaired) electrons. The molecule has 3 aromatic rings. The van der Waals surface area contributed by atoms with E-state index in [1.165, 1.54) is 24.5 Å². The second-order valence-corrected chi connectivity index (χ2v) is 7.31. The molecule has 9 heteroatoms. The summed E-state index contributed by atoms with van der Waals surface area (Å²) in [4.78, 5) is 8.10. The van der Waals surface area contributed by atoms with Gasteiger partial charge in [-0.2, -0.15) is 5.10 Å². The zero-order valence-electron chi connectivity index (χ0n) is 12.4. The van der Waals surface area contributed by atoms with E-state index in [9.17, 15) is 8.42 Å². The summed E-state index contributed by atoms with van der Waals surface area (Å²) in [6.07, 6.45) is 4.32. The van der Waals surface area contributed by atoms with Crippen LogP contribution in [0.25, 0.3) is 11.0 Å². The van der Waals surface area contributed by atoms with Crippen molar-refractivity contribution in [3.05, 3.63) is 41.9 Å². The van der Waals surface area contributed by atoms with Gasteiger partial charge in [-0.3, -0.25) is 4.72 Å². The van der Waals surface area contributed by atoms with Gasteiger partial charge in [0.05, 0.1) is 18.1 Å². The van der Waals surface area contributed by atoms with Crippen molar-refractivity contribution in [3.63, 3.8) is 0 Å². The number of nitrogens with one attached hydrogen (secondary N) is 1. The van der Waals surface area contributed by atoms with Crippen molar-refractivity contribution in [2.24, 2.45) is 0 Å². The number of halogens is 1. The highest BCUT2D eigenvalue weighted by Gasteiger charge is 2.16. The van der Waals surface area contributed by atoms with Crippen molar-refractivity contribution in [1.29, 1.82) is 0 Å². The quantitative estimate of drug-likeness (QED) is 0.730. The van der Waals surface area contributed by atoms with Crippen LogP contribution in [0.4, 0.5) is 5.69 Å². The van der Waals surface area contributed by atoms with Crippen molar-refractivity contribution >= 4 is 38.3 Å². The molecule has 0 aromatic carbocycles. The van der Waals surface area contributed by atoms with Crippen LogP contribution in [0.2, 0.25) is 5.15 Å². The molecule has 23 heavy (non-hydrogen) atoms. The van der Waals surface area contributed by atoms with Gasteiger partial charge in [-0.1, -0.05) is 11.6 Å². The summed E-state index contributed by atoms with van der Waals surface area (Å²) in [5.74, 6) is 0. The van der Waals surface area contributed by atoms with Crippen molar-refractivity contribution < 1.29 is 8.42 Å². The van der Waals surface area contributed by atoms with Crippen LogP contribution in [0.5, 0.6) is 0 Å². The molecule has 1 N–H and O–H groups in total. The molecule has 0 aliphatic rings. The third-order valence-corrected chi connectivity index (χ3v) is 4.78. The fourth-order valence-corrected chi connectivity index (χ4v) is 3.20. The number of pyridine rings is 2. The fraction of sp³-hybridized carbons (Fsp3) is 0.214. The van der Waals surface area contributed by atoms with Crippen molar-refractivity contribution in [3.8, 4) is 0 Å². The molecule has 0 atom stereocenters. The van der Waals surface area contributed by atoms with E-state index in [0.717, 1.165) is 5.39 Å². The normalized spacial score (nSPS) is 12.0. The van der Waals surface area contributed by atoms with Gasteiger partial charge in [0, 0.05) is 17.6 Å². The van der Waals surface area contributed by atoms with Crippen molar-refractivity contribution in [2.45, 2.75) is 24.8 Å². The van der Waals surface area contributed by atoms with Gasteiger partial charge in [0.2, 0.25) is 0 Å². The molecule has 0 aliphatic heterocycles. The molecule has 3 heterocycles. The lowest BCUT2D eigenvalue weighted by molar-refractivity contribution is 0.546. The smallest absolute Gasteiger partial charge is 0.263 e. The maximum atomic E-state index is 12.3. The third-order valence-electron chi connectivity index (χ3n) is 3.19. The predicted molar refractivity (Wildman–Crippen MR) is 88.0 cm³/mol. The van der Waals surface area contributed by atoms with Crippen LogP contribution in [0, 0.1) is 0 Å². The molecule has 0 spiro atoms. The average Bonchev–Trinajstić information content (AvgIpc) is 2.90. The van der Waals surface area contributed by atoms with Gasteiger partial charge in [0.25, 0.3) is 10.0 Å². The van der Waals surface area contributed by atoms with Gasteiger partial charge in [-0.15, -0.1) is 0 Å². The summed E-state index contributed by atoms with van der Waals surface area (Å²) in [5, 5.41) is 5.24. The van der Waals surface area contributed by atoms with Crippen LogP contribution < -0.4 is 4.72 Å². The van der Waals surface area contributed by atoms with E-state index in [1.807, 2.05) is 13.8 Å². The van der Waals surface area contributed by atoms with Crippen molar-refractivity contribution in [1.82, 2.24) is 19.7 Å². The Morgan fingerprint density at radius 1 is 1.17 bits per heavy atom. The first-order valence-electron chi connectivity index (χ1n) is 6.84. The predicted octanol–water partition coefficient (Wildman–Crippen LogP) is 2.86. The van der Waals surface area contributed by atoms with E-state index >= 15 is 0 Å². The largest absolute Gasteiger partial charge is 0.278 e. The maximum absolute atomic E-state index is 12.3. The minimum absolute atomic E-state index is 0.0277. The third kappa shape index (κ3) is 3.13. The molecule has 0 saturated carbocycles. The second-order valence-electron chi connectivity index (χ2n) is 5.24. The molecule has 0 amide bonds. The zero-order valence-corrected chi connectivity index (χ0v) is 14.0. The Hall–Kier alpha value is -2.19. The van der Waals surface area contributed by atoms with Crippen molar-refractivity contribution in [2.75, 3.05) is 4.72 Å². The molecule has 3 aromatic heterocycles. The Kier molecular flexibility index (Phi) is 3.95. The zero-order chi connectivity index (χ0) is 16.6. The Morgan fingerprint density at radius 2 is 1.96 bits per heavy atom. The molecule has 0 saturated heterocycles. The Balaban J connectivity index is 1.93. The lowest BCUT2D eigenvalue weighted by Gasteiger charge is -2.09. The minimum atomic E-state index is -3.75. The standard InChI is InChI=1S/C14H14ClN5O2S/c1-9(2)20-14-10(6-18-20)5-11(7-17-14)19-23(21,22)12-3-4-13(15)16-8-12/h3-9,19H,1-2H3. The van der Waals surface area contributed by atoms with E-state index in [4.69, 9.17) is 11.6 Å². The summed E-state index contributed by atoms with van der Waals surface area (Å²) < 4.78 is 28.9. The molecule has 3 rings (SSSR count).